The standard InChI is InChI=1S/C17H15F3N4O2S/c1-10-8-12-13(4-3-5-14(12)24-27(2,25)26)22-16(10)23-15-9-11(6-7-21-15)17(18,19)20/h3-9,24H,1-2H3,(H,21,22,23). The van der Waals surface area contributed by atoms with Gasteiger partial charge in [0, 0.05) is 11.6 Å². The third-order valence-electron chi connectivity index (χ3n) is 3.68. The Balaban J connectivity index is 2.01. The molecule has 0 aliphatic heterocycles. The number of benzene rings is 1. The van der Waals surface area contributed by atoms with Gasteiger partial charge in [0.1, 0.15) is 11.6 Å². The summed E-state index contributed by atoms with van der Waals surface area (Å²) < 4.78 is 64.0. The monoisotopic (exact) mass is 396 g/mol. The van der Waals surface area contributed by atoms with Crippen molar-refractivity contribution in [1.29, 1.82) is 0 Å². The van der Waals surface area contributed by atoms with Crippen LogP contribution in [-0.4, -0.2) is 24.6 Å². The zero-order valence-electron chi connectivity index (χ0n) is 14.3. The van der Waals surface area contributed by atoms with Crippen LogP contribution in [0.2, 0.25) is 0 Å². The van der Waals surface area contributed by atoms with Gasteiger partial charge in [-0.2, -0.15) is 13.2 Å². The molecular weight excluding hydrogens is 381 g/mol. The number of halogens is 3. The largest absolute Gasteiger partial charge is 0.416 e. The Kier molecular flexibility index (Phi) is 4.68. The smallest absolute Gasteiger partial charge is 0.325 e. The van der Waals surface area contributed by atoms with E-state index in [4.69, 9.17) is 0 Å². The van der Waals surface area contributed by atoms with Gasteiger partial charge in [0.25, 0.3) is 0 Å². The molecule has 0 fully saturated rings. The lowest BCUT2D eigenvalue weighted by Crippen LogP contribution is -2.10. The lowest BCUT2D eigenvalue weighted by molar-refractivity contribution is -0.137. The van der Waals surface area contributed by atoms with Crippen LogP contribution in [0.3, 0.4) is 0 Å². The predicted octanol–water partition coefficient (Wildman–Crippen LogP) is 4.07. The van der Waals surface area contributed by atoms with Crippen molar-refractivity contribution in [2.75, 3.05) is 16.3 Å². The van der Waals surface area contributed by atoms with Crippen molar-refractivity contribution in [2.45, 2.75) is 13.1 Å². The molecule has 0 saturated heterocycles. The SMILES string of the molecule is Cc1cc2c(NS(C)(=O)=O)cccc2nc1Nc1cc(C(F)(F)F)ccn1. The molecular formula is C17H15F3N4O2S. The summed E-state index contributed by atoms with van der Waals surface area (Å²) >= 11 is 0. The van der Waals surface area contributed by atoms with E-state index in [9.17, 15) is 21.6 Å². The minimum Gasteiger partial charge on any atom is -0.325 e. The van der Waals surface area contributed by atoms with Crippen LogP contribution in [-0.2, 0) is 16.2 Å². The highest BCUT2D eigenvalue weighted by Gasteiger charge is 2.30. The lowest BCUT2D eigenvalue weighted by atomic mass is 10.1. The third kappa shape index (κ3) is 4.45. The molecule has 2 N–H and O–H groups in total. The van der Waals surface area contributed by atoms with E-state index in [0.717, 1.165) is 24.6 Å². The number of aromatic nitrogens is 2. The van der Waals surface area contributed by atoms with E-state index in [0.29, 0.717) is 28.0 Å². The van der Waals surface area contributed by atoms with Gasteiger partial charge in [0.15, 0.2) is 0 Å². The predicted molar refractivity (Wildman–Crippen MR) is 97.5 cm³/mol. The molecule has 0 bridgehead atoms. The van der Waals surface area contributed by atoms with Gasteiger partial charge in [0.05, 0.1) is 23.0 Å². The van der Waals surface area contributed by atoms with E-state index in [2.05, 4.69) is 20.0 Å². The summed E-state index contributed by atoms with van der Waals surface area (Å²) in [6.07, 6.45) is -2.37. The Morgan fingerprint density at radius 1 is 1.11 bits per heavy atom. The first-order chi connectivity index (χ1) is 12.5. The van der Waals surface area contributed by atoms with Gasteiger partial charge in [-0.1, -0.05) is 6.07 Å². The number of hydrogen-bond acceptors (Lipinski definition) is 5. The van der Waals surface area contributed by atoms with Crippen LogP contribution in [0.15, 0.2) is 42.6 Å². The first-order valence-corrected chi connectivity index (χ1v) is 9.60. The highest BCUT2D eigenvalue weighted by molar-refractivity contribution is 7.92. The zero-order chi connectivity index (χ0) is 19.8. The molecule has 0 aliphatic rings. The Morgan fingerprint density at radius 3 is 2.52 bits per heavy atom. The van der Waals surface area contributed by atoms with Crippen molar-refractivity contribution in [3.05, 3.63) is 53.7 Å². The minimum atomic E-state index is -4.47. The number of hydrogen-bond donors (Lipinski definition) is 2. The third-order valence-corrected chi connectivity index (χ3v) is 4.27. The van der Waals surface area contributed by atoms with Gasteiger partial charge in [0.2, 0.25) is 10.0 Å². The van der Waals surface area contributed by atoms with Crippen LogP contribution < -0.4 is 10.0 Å². The van der Waals surface area contributed by atoms with Gasteiger partial charge in [-0.3, -0.25) is 4.72 Å². The zero-order valence-corrected chi connectivity index (χ0v) is 15.1. The molecule has 0 radical (unpaired) electrons. The molecule has 10 heteroatoms. The fourth-order valence-electron chi connectivity index (χ4n) is 2.51. The number of sulfonamides is 1. The van der Waals surface area contributed by atoms with Gasteiger partial charge in [-0.15, -0.1) is 0 Å². The van der Waals surface area contributed by atoms with Gasteiger partial charge < -0.3 is 5.32 Å². The van der Waals surface area contributed by atoms with E-state index >= 15 is 0 Å². The molecule has 0 aliphatic carbocycles. The fourth-order valence-corrected chi connectivity index (χ4v) is 3.08. The summed E-state index contributed by atoms with van der Waals surface area (Å²) in [5.74, 6) is 0.330. The maximum atomic E-state index is 12.8. The topological polar surface area (TPSA) is 84.0 Å². The number of alkyl halides is 3. The molecule has 2 heterocycles. The van der Waals surface area contributed by atoms with Crippen molar-refractivity contribution < 1.29 is 21.6 Å². The van der Waals surface area contributed by atoms with Gasteiger partial charge in [-0.05, 0) is 42.8 Å². The van der Waals surface area contributed by atoms with E-state index in [1.165, 1.54) is 0 Å². The van der Waals surface area contributed by atoms with Crippen molar-refractivity contribution in [2.24, 2.45) is 0 Å². The van der Waals surface area contributed by atoms with Crippen molar-refractivity contribution in [3.8, 4) is 0 Å². The highest BCUT2D eigenvalue weighted by atomic mass is 32.2. The van der Waals surface area contributed by atoms with E-state index in [1.54, 1.807) is 31.2 Å². The molecule has 0 spiro atoms. The average molecular weight is 396 g/mol. The molecule has 3 rings (SSSR count). The van der Waals surface area contributed by atoms with Crippen LogP contribution in [0.5, 0.6) is 0 Å². The average Bonchev–Trinajstić information content (AvgIpc) is 2.54. The van der Waals surface area contributed by atoms with Gasteiger partial charge >= 0.3 is 6.18 Å². The van der Waals surface area contributed by atoms with Crippen molar-refractivity contribution in [3.63, 3.8) is 0 Å². The minimum absolute atomic E-state index is 0.00481. The summed E-state index contributed by atoms with van der Waals surface area (Å²) in [4.78, 5) is 8.28. The maximum absolute atomic E-state index is 12.8. The Hall–Kier alpha value is -2.88. The molecule has 0 amide bonds. The molecule has 142 valence electrons. The number of pyridine rings is 2. The molecule has 1 aromatic carbocycles. The lowest BCUT2D eigenvalue weighted by Gasteiger charge is -2.13. The van der Waals surface area contributed by atoms with Crippen LogP contribution in [0.1, 0.15) is 11.1 Å². The first-order valence-electron chi connectivity index (χ1n) is 7.71. The Labute approximate surface area is 153 Å². The summed E-state index contributed by atoms with van der Waals surface area (Å²) in [5, 5.41) is 3.36. The molecule has 3 aromatic rings. The van der Waals surface area contributed by atoms with E-state index < -0.39 is 21.8 Å². The number of nitrogens with zero attached hydrogens (tertiary/aromatic N) is 2. The number of nitrogens with one attached hydrogen (secondary N) is 2. The fraction of sp³-hybridized carbons (Fsp3) is 0.176. The quantitative estimate of drug-likeness (QED) is 0.695. The van der Waals surface area contributed by atoms with Crippen molar-refractivity contribution in [1.82, 2.24) is 9.97 Å². The normalized spacial score (nSPS) is 12.2. The number of fused-ring (bicyclic) bond motifs is 1. The number of anilines is 3. The Morgan fingerprint density at radius 2 is 1.85 bits per heavy atom. The van der Waals surface area contributed by atoms with E-state index in [-0.39, 0.29) is 5.82 Å². The van der Waals surface area contributed by atoms with Crippen LogP contribution >= 0.6 is 0 Å². The summed E-state index contributed by atoms with van der Waals surface area (Å²) in [6, 6.07) is 8.39. The molecule has 6 nitrogen and oxygen atoms in total. The van der Waals surface area contributed by atoms with Crippen LogP contribution in [0.4, 0.5) is 30.5 Å². The number of aryl methyl sites for hydroxylation is 1. The van der Waals surface area contributed by atoms with E-state index in [1.807, 2.05) is 0 Å². The molecule has 0 saturated carbocycles. The summed E-state index contributed by atoms with van der Waals surface area (Å²) in [7, 11) is -3.47. The second-order valence-corrected chi connectivity index (χ2v) is 7.70. The highest BCUT2D eigenvalue weighted by Crippen LogP contribution is 2.32. The summed E-state index contributed by atoms with van der Waals surface area (Å²) in [6.45, 7) is 1.71. The molecule has 0 unspecified atom stereocenters. The van der Waals surface area contributed by atoms with Crippen LogP contribution in [0.25, 0.3) is 10.9 Å². The second kappa shape index (κ2) is 6.69. The maximum Gasteiger partial charge on any atom is 0.416 e. The second-order valence-electron chi connectivity index (χ2n) is 5.95. The van der Waals surface area contributed by atoms with Crippen LogP contribution in [0, 0.1) is 6.92 Å². The Bertz CT molecular complexity index is 1110. The summed E-state index contributed by atoms with van der Waals surface area (Å²) in [5.41, 5.74) is 0.639. The molecule has 2 aromatic heterocycles. The van der Waals surface area contributed by atoms with Crippen molar-refractivity contribution >= 4 is 38.2 Å². The number of rotatable bonds is 4. The molecule has 0 atom stereocenters. The van der Waals surface area contributed by atoms with Gasteiger partial charge in [-0.25, -0.2) is 18.4 Å². The first kappa shape index (κ1) is 18.9. The molecule has 27 heavy (non-hydrogen) atoms.